The predicted molar refractivity (Wildman–Crippen MR) is 48.1 cm³/mol. The summed E-state index contributed by atoms with van der Waals surface area (Å²) >= 11 is 0. The van der Waals surface area contributed by atoms with Crippen LogP contribution in [-0.4, -0.2) is 43.1 Å². The van der Waals surface area contributed by atoms with Crippen molar-refractivity contribution in [1.82, 2.24) is 0 Å². The van der Waals surface area contributed by atoms with E-state index in [1.807, 2.05) is 0 Å². The van der Waals surface area contributed by atoms with Crippen molar-refractivity contribution in [3.63, 3.8) is 0 Å². The van der Waals surface area contributed by atoms with E-state index < -0.39 is 22.0 Å². The molecule has 0 bridgehead atoms. The maximum absolute atomic E-state index is 10.5. The Hall–Kier alpha value is -0.430. The van der Waals surface area contributed by atoms with Crippen LogP contribution in [0.1, 0.15) is 6.92 Å². The summed E-state index contributed by atoms with van der Waals surface area (Å²) in [5.74, 6) is 0. The molecule has 0 fully saturated rings. The van der Waals surface area contributed by atoms with Crippen molar-refractivity contribution in [2.45, 2.75) is 12.2 Å². The van der Waals surface area contributed by atoms with Crippen molar-refractivity contribution in [3.05, 3.63) is 12.2 Å². The van der Waals surface area contributed by atoms with E-state index in [1.165, 1.54) is 0 Å². The molecule has 0 aliphatic carbocycles. The quantitative estimate of drug-likeness (QED) is 0.469. The van der Waals surface area contributed by atoms with Crippen LogP contribution < -0.4 is 0 Å². The first-order valence-electron chi connectivity index (χ1n) is 3.67. The molecule has 0 aliphatic rings. The highest BCUT2D eigenvalue weighted by Crippen LogP contribution is 1.99. The molecule has 0 rings (SSSR count). The van der Waals surface area contributed by atoms with Crippen LogP contribution in [-0.2, 0) is 14.9 Å². The van der Waals surface area contributed by atoms with E-state index in [0.29, 0.717) is 0 Å². The van der Waals surface area contributed by atoms with Gasteiger partial charge in [0.15, 0.2) is 0 Å². The fourth-order valence-corrected chi connectivity index (χ4v) is 1.05. The molecule has 1 unspecified atom stereocenters. The summed E-state index contributed by atoms with van der Waals surface area (Å²) in [7, 11) is -4.22. The van der Waals surface area contributed by atoms with Gasteiger partial charge >= 0.3 is 0 Å². The molecule has 2 N–H and O–H groups in total. The van der Waals surface area contributed by atoms with Gasteiger partial charge in [0, 0.05) is 0 Å². The van der Waals surface area contributed by atoms with Crippen LogP contribution in [0, 0.1) is 0 Å². The van der Waals surface area contributed by atoms with Gasteiger partial charge in [0.25, 0.3) is 10.1 Å². The van der Waals surface area contributed by atoms with Crippen molar-refractivity contribution < 1.29 is 22.8 Å². The van der Waals surface area contributed by atoms with Gasteiger partial charge in [-0.05, 0) is 6.92 Å². The van der Waals surface area contributed by atoms with Gasteiger partial charge in [-0.15, -0.1) is 0 Å². The highest BCUT2D eigenvalue weighted by Gasteiger charge is 2.21. The molecular weight excluding hydrogens is 196 g/mol. The third-order valence-electron chi connectivity index (χ3n) is 1.28. The van der Waals surface area contributed by atoms with Crippen LogP contribution in [0.3, 0.4) is 0 Å². The third-order valence-corrected chi connectivity index (χ3v) is 2.40. The summed E-state index contributed by atoms with van der Waals surface area (Å²) in [6.07, 6.45) is 0. The zero-order chi connectivity index (χ0) is 10.5. The van der Waals surface area contributed by atoms with Gasteiger partial charge in [-0.1, -0.05) is 12.2 Å². The largest absolute Gasteiger partial charge is 0.395 e. The first kappa shape index (κ1) is 12.6. The van der Waals surface area contributed by atoms with E-state index in [4.69, 9.17) is 14.4 Å². The third kappa shape index (κ3) is 5.75. The molecule has 0 aromatic rings. The molecule has 0 aliphatic heterocycles. The summed E-state index contributed by atoms with van der Waals surface area (Å²) in [4.78, 5) is 0. The van der Waals surface area contributed by atoms with E-state index in [0.717, 1.165) is 5.57 Å². The molecule has 0 aromatic carbocycles. The summed E-state index contributed by atoms with van der Waals surface area (Å²) < 4.78 is 34.5. The van der Waals surface area contributed by atoms with E-state index in [9.17, 15) is 8.42 Å². The van der Waals surface area contributed by atoms with Crippen LogP contribution in [0.4, 0.5) is 0 Å². The van der Waals surface area contributed by atoms with Gasteiger partial charge in [0.05, 0.1) is 19.8 Å². The van der Waals surface area contributed by atoms with Crippen molar-refractivity contribution in [2.75, 3.05) is 19.8 Å². The van der Waals surface area contributed by atoms with Gasteiger partial charge < -0.3 is 9.84 Å². The van der Waals surface area contributed by atoms with E-state index >= 15 is 0 Å². The van der Waals surface area contributed by atoms with E-state index in [-0.39, 0.29) is 13.2 Å². The first-order chi connectivity index (χ1) is 5.88. The second kappa shape index (κ2) is 5.33. The Kier molecular flexibility index (Phi) is 5.16. The van der Waals surface area contributed by atoms with Crippen molar-refractivity contribution in [3.8, 4) is 0 Å². The summed E-state index contributed by atoms with van der Waals surface area (Å²) in [5.41, 5.74) is 0.743. The first-order valence-corrected chi connectivity index (χ1v) is 5.17. The number of ether oxygens (including phenoxy) is 1. The highest BCUT2D eigenvalue weighted by atomic mass is 32.2. The molecule has 13 heavy (non-hydrogen) atoms. The Labute approximate surface area is 77.8 Å². The lowest BCUT2D eigenvalue weighted by atomic mass is 10.4. The molecular formula is C7H14O5S. The van der Waals surface area contributed by atoms with E-state index in [1.54, 1.807) is 6.92 Å². The van der Waals surface area contributed by atoms with Crippen LogP contribution in [0.2, 0.25) is 0 Å². The monoisotopic (exact) mass is 210 g/mol. The van der Waals surface area contributed by atoms with Crippen LogP contribution in [0.25, 0.3) is 0 Å². The lowest BCUT2D eigenvalue weighted by Gasteiger charge is -2.10. The normalized spacial score (nSPS) is 14.1. The smallest absolute Gasteiger partial charge is 0.272 e. The lowest BCUT2D eigenvalue weighted by molar-refractivity contribution is 0.134. The summed E-state index contributed by atoms with van der Waals surface area (Å²) in [5, 5.41) is 7.31. The fourth-order valence-electron chi connectivity index (χ4n) is 0.597. The molecule has 0 amide bonds. The zero-order valence-electron chi connectivity index (χ0n) is 7.43. The standard InChI is InChI=1S/C7H14O5S/c1-6(2)4-12-5-7(3-8)13(9,10)11/h7-8H,1,3-5H2,2H3,(H,9,10,11). The van der Waals surface area contributed by atoms with Gasteiger partial charge in [-0.2, -0.15) is 8.42 Å². The Bertz CT molecular complexity index is 256. The molecule has 6 heteroatoms. The average Bonchev–Trinajstić information content (AvgIpc) is 1.95. The van der Waals surface area contributed by atoms with Crippen molar-refractivity contribution >= 4 is 10.1 Å². The molecule has 0 saturated carbocycles. The second-order valence-corrected chi connectivity index (χ2v) is 4.49. The van der Waals surface area contributed by atoms with Crippen LogP contribution in [0.5, 0.6) is 0 Å². The van der Waals surface area contributed by atoms with Gasteiger partial charge in [0.2, 0.25) is 0 Å². The van der Waals surface area contributed by atoms with Gasteiger partial charge in [0.1, 0.15) is 5.25 Å². The molecule has 0 heterocycles. The molecule has 0 aromatic heterocycles. The average molecular weight is 210 g/mol. The van der Waals surface area contributed by atoms with Crippen molar-refractivity contribution in [1.29, 1.82) is 0 Å². The zero-order valence-corrected chi connectivity index (χ0v) is 8.25. The molecule has 0 saturated heterocycles. The molecule has 0 spiro atoms. The highest BCUT2D eigenvalue weighted by molar-refractivity contribution is 7.86. The van der Waals surface area contributed by atoms with Crippen molar-refractivity contribution in [2.24, 2.45) is 0 Å². The Morgan fingerprint density at radius 2 is 2.15 bits per heavy atom. The predicted octanol–water partition coefficient (Wildman–Crippen LogP) is -0.172. The fraction of sp³-hybridized carbons (Fsp3) is 0.714. The SMILES string of the molecule is C=C(C)COCC(CO)S(=O)(=O)O. The Morgan fingerprint density at radius 3 is 2.46 bits per heavy atom. The maximum atomic E-state index is 10.5. The molecule has 0 radical (unpaired) electrons. The minimum absolute atomic E-state index is 0.214. The minimum Gasteiger partial charge on any atom is -0.395 e. The second-order valence-electron chi connectivity index (χ2n) is 2.79. The number of hydrogen-bond donors (Lipinski definition) is 2. The van der Waals surface area contributed by atoms with Crippen LogP contribution >= 0.6 is 0 Å². The number of hydrogen-bond acceptors (Lipinski definition) is 4. The molecule has 78 valence electrons. The maximum Gasteiger partial charge on any atom is 0.272 e. The summed E-state index contributed by atoms with van der Waals surface area (Å²) in [6.45, 7) is 4.59. The topological polar surface area (TPSA) is 83.8 Å². The van der Waals surface area contributed by atoms with Gasteiger partial charge in [-0.3, -0.25) is 4.55 Å². The minimum atomic E-state index is -4.22. The van der Waals surface area contributed by atoms with Crippen LogP contribution in [0.15, 0.2) is 12.2 Å². The Balaban J connectivity index is 3.95. The number of aliphatic hydroxyl groups excluding tert-OH is 1. The lowest BCUT2D eigenvalue weighted by Crippen LogP contribution is -2.29. The molecule has 5 nitrogen and oxygen atoms in total. The van der Waals surface area contributed by atoms with Gasteiger partial charge in [-0.25, -0.2) is 0 Å². The number of aliphatic hydroxyl groups is 1. The number of rotatable bonds is 6. The Morgan fingerprint density at radius 1 is 1.62 bits per heavy atom. The molecule has 1 atom stereocenters. The van der Waals surface area contributed by atoms with E-state index in [2.05, 4.69) is 6.58 Å². The summed E-state index contributed by atoms with van der Waals surface area (Å²) in [6, 6.07) is 0.